The van der Waals surface area contributed by atoms with Gasteiger partial charge < -0.3 is 4.90 Å². The van der Waals surface area contributed by atoms with E-state index in [1.165, 1.54) is 30.4 Å². The molecular weight excluding hydrogens is 324 g/mol. The van der Waals surface area contributed by atoms with Crippen LogP contribution >= 0.6 is 0 Å². The Bertz CT molecular complexity index is 1010. The Balaban J connectivity index is 1.93. The monoisotopic (exact) mass is 350 g/mol. The molecule has 1 aliphatic rings. The number of fused-ring (bicyclic) bond motifs is 1. The van der Waals surface area contributed by atoms with Crippen molar-refractivity contribution in [3.8, 4) is 0 Å². The van der Waals surface area contributed by atoms with Gasteiger partial charge in [-0.05, 0) is 50.3 Å². The van der Waals surface area contributed by atoms with Gasteiger partial charge in [-0.15, -0.1) is 0 Å². The molecule has 2 aromatic heterocycles. The van der Waals surface area contributed by atoms with Gasteiger partial charge in [-0.25, -0.2) is 9.78 Å². The first kappa shape index (κ1) is 16.9. The minimum absolute atomic E-state index is 0.000359. The van der Waals surface area contributed by atoms with Gasteiger partial charge in [-0.2, -0.15) is 0 Å². The number of aromatic nitrogens is 3. The van der Waals surface area contributed by atoms with Crippen molar-refractivity contribution in [2.24, 2.45) is 7.05 Å². The Morgan fingerprint density at radius 3 is 2.54 bits per heavy atom. The van der Waals surface area contributed by atoms with Crippen molar-refractivity contribution in [1.82, 2.24) is 14.1 Å². The minimum atomic E-state index is -0.000359. The van der Waals surface area contributed by atoms with Crippen LogP contribution in [0, 0.1) is 13.8 Å². The summed E-state index contributed by atoms with van der Waals surface area (Å²) in [5.41, 5.74) is 6.24. The summed E-state index contributed by atoms with van der Waals surface area (Å²) in [7, 11) is 1.82. The lowest BCUT2D eigenvalue weighted by Crippen LogP contribution is -2.30. The van der Waals surface area contributed by atoms with E-state index in [0.29, 0.717) is 6.54 Å². The molecule has 136 valence electrons. The number of hydrogen-bond acceptors (Lipinski definition) is 3. The summed E-state index contributed by atoms with van der Waals surface area (Å²) in [4.78, 5) is 20.1. The number of aryl methyl sites for hydroxylation is 3. The molecule has 0 radical (unpaired) electrons. The molecule has 0 spiro atoms. The van der Waals surface area contributed by atoms with Crippen LogP contribution in [-0.2, 0) is 13.6 Å². The zero-order valence-corrected chi connectivity index (χ0v) is 15.8. The highest BCUT2D eigenvalue weighted by Crippen LogP contribution is 2.29. The predicted molar refractivity (Wildman–Crippen MR) is 106 cm³/mol. The van der Waals surface area contributed by atoms with Gasteiger partial charge in [0, 0.05) is 25.8 Å². The highest BCUT2D eigenvalue weighted by atomic mass is 16.1. The van der Waals surface area contributed by atoms with Gasteiger partial charge in [0.15, 0.2) is 5.65 Å². The molecule has 1 fully saturated rings. The second-order valence-corrected chi connectivity index (χ2v) is 7.36. The highest BCUT2D eigenvalue weighted by molar-refractivity contribution is 5.87. The smallest absolute Gasteiger partial charge is 0.330 e. The summed E-state index contributed by atoms with van der Waals surface area (Å²) in [6, 6.07) is 10.4. The largest absolute Gasteiger partial charge is 0.370 e. The molecule has 1 saturated heterocycles. The van der Waals surface area contributed by atoms with Crippen molar-refractivity contribution >= 4 is 16.9 Å². The Labute approximate surface area is 153 Å². The first-order chi connectivity index (χ1) is 12.6. The molecule has 0 unspecified atom stereocenters. The lowest BCUT2D eigenvalue weighted by molar-refractivity contribution is 0.578. The number of rotatable bonds is 3. The average Bonchev–Trinajstić information content (AvgIpc) is 2.88. The van der Waals surface area contributed by atoms with Gasteiger partial charge in [-0.3, -0.25) is 9.13 Å². The first-order valence-electron chi connectivity index (χ1n) is 9.42. The summed E-state index contributed by atoms with van der Waals surface area (Å²) < 4.78 is 3.59. The third-order valence-corrected chi connectivity index (χ3v) is 5.47. The molecule has 0 bridgehead atoms. The summed E-state index contributed by atoms with van der Waals surface area (Å²) in [6.07, 6.45) is 3.70. The summed E-state index contributed by atoms with van der Waals surface area (Å²) >= 11 is 0. The van der Waals surface area contributed by atoms with E-state index in [2.05, 4.69) is 30.0 Å². The van der Waals surface area contributed by atoms with E-state index in [-0.39, 0.29) is 5.69 Å². The number of pyridine rings is 1. The van der Waals surface area contributed by atoms with Crippen LogP contribution in [-0.4, -0.2) is 27.2 Å². The van der Waals surface area contributed by atoms with Crippen LogP contribution in [0.3, 0.4) is 0 Å². The van der Waals surface area contributed by atoms with E-state index < -0.39 is 0 Å². The van der Waals surface area contributed by atoms with Crippen LogP contribution in [0.4, 0.5) is 5.69 Å². The fraction of sp³-hybridized carbons (Fsp3) is 0.429. The van der Waals surface area contributed by atoms with Crippen molar-refractivity contribution < 1.29 is 0 Å². The molecule has 0 saturated carbocycles. The maximum Gasteiger partial charge on any atom is 0.330 e. The second-order valence-electron chi connectivity index (χ2n) is 7.36. The standard InChI is InChI=1S/C21H26N4O/c1-15-9-5-6-10-17(15)14-25-19-18(24-11-7-4-8-12-24)13-16(2)22-20(19)23(3)21(25)26/h5-6,9-10,13H,4,7-8,11-12,14H2,1-3H3. The van der Waals surface area contributed by atoms with E-state index in [0.717, 1.165) is 35.6 Å². The molecular formula is C21H26N4O. The molecule has 3 aromatic rings. The summed E-state index contributed by atoms with van der Waals surface area (Å²) in [5, 5.41) is 0. The molecule has 0 aliphatic carbocycles. The van der Waals surface area contributed by atoms with E-state index in [1.807, 2.05) is 30.7 Å². The van der Waals surface area contributed by atoms with Crippen molar-refractivity contribution in [3.05, 3.63) is 57.6 Å². The van der Waals surface area contributed by atoms with Crippen LogP contribution < -0.4 is 10.6 Å². The van der Waals surface area contributed by atoms with Crippen molar-refractivity contribution in [1.29, 1.82) is 0 Å². The molecule has 5 nitrogen and oxygen atoms in total. The quantitative estimate of drug-likeness (QED) is 0.727. The molecule has 26 heavy (non-hydrogen) atoms. The normalized spacial score (nSPS) is 15.0. The van der Waals surface area contributed by atoms with Gasteiger partial charge in [-0.1, -0.05) is 24.3 Å². The number of imidazole rings is 1. The number of hydrogen-bond donors (Lipinski definition) is 0. The Kier molecular flexibility index (Phi) is 4.31. The number of piperidine rings is 1. The average molecular weight is 350 g/mol. The van der Waals surface area contributed by atoms with Crippen LogP contribution in [0.2, 0.25) is 0 Å². The van der Waals surface area contributed by atoms with Crippen LogP contribution in [0.15, 0.2) is 35.1 Å². The van der Waals surface area contributed by atoms with E-state index in [4.69, 9.17) is 4.98 Å². The van der Waals surface area contributed by atoms with Crippen molar-refractivity contribution in [2.45, 2.75) is 39.7 Å². The number of anilines is 1. The molecule has 4 rings (SSSR count). The van der Waals surface area contributed by atoms with Gasteiger partial charge in [0.1, 0.15) is 5.52 Å². The molecule has 0 N–H and O–H groups in total. The number of benzene rings is 1. The van der Waals surface area contributed by atoms with Crippen molar-refractivity contribution in [3.63, 3.8) is 0 Å². The Hall–Kier alpha value is -2.56. The van der Waals surface area contributed by atoms with Crippen LogP contribution in [0.5, 0.6) is 0 Å². The molecule has 0 amide bonds. The lowest BCUT2D eigenvalue weighted by Gasteiger charge is -2.29. The van der Waals surface area contributed by atoms with E-state index in [9.17, 15) is 4.79 Å². The predicted octanol–water partition coefficient (Wildman–Crippen LogP) is 3.39. The van der Waals surface area contributed by atoms with Crippen LogP contribution in [0.1, 0.15) is 36.1 Å². The molecule has 5 heteroatoms. The molecule has 1 aliphatic heterocycles. The Morgan fingerprint density at radius 1 is 1.08 bits per heavy atom. The van der Waals surface area contributed by atoms with Crippen LogP contribution in [0.25, 0.3) is 11.2 Å². The third kappa shape index (κ3) is 2.81. The van der Waals surface area contributed by atoms with Gasteiger partial charge in [0.25, 0.3) is 0 Å². The maximum atomic E-state index is 13.0. The van der Waals surface area contributed by atoms with Gasteiger partial charge in [0.05, 0.1) is 12.2 Å². The topological polar surface area (TPSA) is 43.1 Å². The number of nitrogens with zero attached hydrogens (tertiary/aromatic N) is 4. The van der Waals surface area contributed by atoms with Gasteiger partial charge in [0.2, 0.25) is 0 Å². The second kappa shape index (κ2) is 6.63. The molecule has 1 aromatic carbocycles. The molecule has 3 heterocycles. The third-order valence-electron chi connectivity index (χ3n) is 5.47. The lowest BCUT2D eigenvalue weighted by atomic mass is 10.1. The first-order valence-corrected chi connectivity index (χ1v) is 9.42. The minimum Gasteiger partial charge on any atom is -0.370 e. The Morgan fingerprint density at radius 2 is 1.81 bits per heavy atom. The SMILES string of the molecule is Cc1cc(N2CCCCC2)c2c(n1)n(C)c(=O)n2Cc1ccccc1C. The fourth-order valence-electron chi connectivity index (χ4n) is 3.97. The van der Waals surface area contributed by atoms with Gasteiger partial charge >= 0.3 is 5.69 Å². The molecule has 0 atom stereocenters. The fourth-order valence-corrected chi connectivity index (χ4v) is 3.97. The van der Waals surface area contributed by atoms with E-state index in [1.54, 1.807) is 4.57 Å². The summed E-state index contributed by atoms with van der Waals surface area (Å²) in [6.45, 7) is 6.78. The zero-order chi connectivity index (χ0) is 18.3. The maximum absolute atomic E-state index is 13.0. The summed E-state index contributed by atoms with van der Waals surface area (Å²) in [5.74, 6) is 0. The zero-order valence-electron chi connectivity index (χ0n) is 15.8. The van der Waals surface area contributed by atoms with Crippen molar-refractivity contribution in [2.75, 3.05) is 18.0 Å². The van der Waals surface area contributed by atoms with E-state index >= 15 is 0 Å². The highest BCUT2D eigenvalue weighted by Gasteiger charge is 2.21.